The topological polar surface area (TPSA) is 17.1 Å². The second-order valence-corrected chi connectivity index (χ2v) is 4.34. The van der Waals surface area contributed by atoms with Crippen LogP contribution in [0.4, 0.5) is 0 Å². The number of carbonyl (C=O) groups is 1. The summed E-state index contributed by atoms with van der Waals surface area (Å²) >= 11 is 0. The first-order valence-electron chi connectivity index (χ1n) is 4.20. The van der Waals surface area contributed by atoms with Crippen molar-refractivity contribution in [2.45, 2.75) is 39.0 Å². The lowest BCUT2D eigenvalue weighted by Crippen LogP contribution is -2.23. The summed E-state index contributed by atoms with van der Waals surface area (Å²) in [5, 5.41) is 0. The van der Waals surface area contributed by atoms with E-state index >= 15 is 0 Å². The first-order chi connectivity index (χ1) is 4.68. The van der Waals surface area contributed by atoms with Crippen LogP contribution in [0.2, 0.25) is 0 Å². The quantitative estimate of drug-likeness (QED) is 0.501. The molecule has 2 unspecified atom stereocenters. The molecule has 0 heterocycles. The van der Waals surface area contributed by atoms with Crippen LogP contribution in [0.3, 0.4) is 0 Å². The van der Waals surface area contributed by atoms with E-state index in [9.17, 15) is 4.79 Å². The molecule has 0 aromatic carbocycles. The van der Waals surface area contributed by atoms with Crippen LogP contribution in [0, 0.1) is 11.3 Å². The molecular weight excluding hydrogens is 124 g/mol. The predicted molar refractivity (Wildman–Crippen MR) is 39.7 cm³/mol. The van der Waals surface area contributed by atoms with Crippen molar-refractivity contribution in [2.75, 3.05) is 0 Å². The van der Waals surface area contributed by atoms with Gasteiger partial charge in [0.1, 0.15) is 5.78 Å². The van der Waals surface area contributed by atoms with Crippen LogP contribution in [0.1, 0.15) is 39.0 Å². The fourth-order valence-electron chi connectivity index (χ4n) is 2.66. The third kappa shape index (κ3) is 0.882. The van der Waals surface area contributed by atoms with Gasteiger partial charge in [-0.2, -0.15) is 0 Å². The summed E-state index contributed by atoms with van der Waals surface area (Å²) in [7, 11) is 0. The molecule has 2 aliphatic rings. The Kier molecular flexibility index (Phi) is 1.17. The Labute approximate surface area is 61.8 Å². The Balaban J connectivity index is 2.20. The predicted octanol–water partition coefficient (Wildman–Crippen LogP) is 2.16. The van der Waals surface area contributed by atoms with E-state index in [4.69, 9.17) is 0 Å². The van der Waals surface area contributed by atoms with Crippen LogP contribution >= 0.6 is 0 Å². The maximum atomic E-state index is 11.1. The average Bonchev–Trinajstić information content (AvgIpc) is 2.06. The molecule has 2 aliphatic carbocycles. The lowest BCUT2D eigenvalue weighted by atomic mass is 9.77. The van der Waals surface area contributed by atoms with E-state index in [-0.39, 0.29) is 0 Å². The summed E-state index contributed by atoms with van der Waals surface area (Å²) in [5.74, 6) is 1.27. The third-order valence-electron chi connectivity index (χ3n) is 3.08. The van der Waals surface area contributed by atoms with Crippen molar-refractivity contribution in [3.8, 4) is 0 Å². The first kappa shape index (κ1) is 6.38. The fourth-order valence-corrected chi connectivity index (χ4v) is 2.66. The van der Waals surface area contributed by atoms with Gasteiger partial charge in [-0.15, -0.1) is 0 Å². The van der Waals surface area contributed by atoms with Crippen LogP contribution in [0.15, 0.2) is 0 Å². The van der Waals surface area contributed by atoms with E-state index in [2.05, 4.69) is 6.92 Å². The lowest BCUT2D eigenvalue weighted by molar-refractivity contribution is -0.123. The minimum absolute atomic E-state index is 0.417. The Bertz CT molecular complexity index is 174. The van der Waals surface area contributed by atoms with Gasteiger partial charge in [-0.05, 0) is 30.6 Å². The highest BCUT2D eigenvalue weighted by Gasteiger charge is 2.41. The Morgan fingerprint density at radius 3 is 3.10 bits per heavy atom. The van der Waals surface area contributed by atoms with Gasteiger partial charge in [-0.3, -0.25) is 4.79 Å². The van der Waals surface area contributed by atoms with Crippen molar-refractivity contribution in [3.05, 3.63) is 0 Å². The number of Topliss-reactive ketones (excluding diaryl/α,β-unsaturated/α-hetero) is 1. The van der Waals surface area contributed by atoms with E-state index in [1.54, 1.807) is 0 Å². The van der Waals surface area contributed by atoms with Crippen molar-refractivity contribution < 1.29 is 4.79 Å². The standard InChI is InChI=1S/C9H14O/c1-9-3-2-7(5-9)4-8(10)6-9/h7H,2-6H2,1H3. The number of fused-ring (bicyclic) bond motifs is 2. The Morgan fingerprint density at radius 2 is 2.40 bits per heavy atom. The number of hydrogen-bond donors (Lipinski definition) is 0. The average molecular weight is 138 g/mol. The molecule has 0 aromatic heterocycles. The highest BCUT2D eigenvalue weighted by atomic mass is 16.1. The number of carbonyl (C=O) groups excluding carboxylic acids is 1. The molecule has 1 heteroatoms. The monoisotopic (exact) mass is 138 g/mol. The molecule has 2 fully saturated rings. The molecule has 2 bridgehead atoms. The van der Waals surface area contributed by atoms with Gasteiger partial charge >= 0.3 is 0 Å². The summed E-state index contributed by atoms with van der Waals surface area (Å²) in [6.45, 7) is 2.27. The van der Waals surface area contributed by atoms with E-state index in [1.165, 1.54) is 19.3 Å². The molecule has 0 radical (unpaired) electrons. The maximum Gasteiger partial charge on any atom is 0.133 e. The molecular formula is C9H14O. The van der Waals surface area contributed by atoms with Crippen molar-refractivity contribution in [2.24, 2.45) is 11.3 Å². The zero-order chi connectivity index (χ0) is 7.19. The fraction of sp³-hybridized carbons (Fsp3) is 0.889. The number of rotatable bonds is 0. The van der Waals surface area contributed by atoms with Gasteiger partial charge in [-0.1, -0.05) is 6.92 Å². The van der Waals surface area contributed by atoms with Crippen LogP contribution in [-0.2, 0) is 4.79 Å². The van der Waals surface area contributed by atoms with E-state index in [0.29, 0.717) is 11.2 Å². The Hall–Kier alpha value is -0.330. The smallest absolute Gasteiger partial charge is 0.133 e. The summed E-state index contributed by atoms with van der Waals surface area (Å²) in [6.07, 6.45) is 5.67. The molecule has 1 nitrogen and oxygen atoms in total. The molecule has 0 aromatic rings. The summed E-state index contributed by atoms with van der Waals surface area (Å²) in [5.41, 5.74) is 0.417. The molecule has 56 valence electrons. The van der Waals surface area contributed by atoms with Gasteiger partial charge < -0.3 is 0 Å². The van der Waals surface area contributed by atoms with Gasteiger partial charge in [-0.25, -0.2) is 0 Å². The van der Waals surface area contributed by atoms with E-state index in [1.807, 2.05) is 0 Å². The summed E-state index contributed by atoms with van der Waals surface area (Å²) in [6, 6.07) is 0. The van der Waals surface area contributed by atoms with Crippen molar-refractivity contribution in [1.82, 2.24) is 0 Å². The zero-order valence-electron chi connectivity index (χ0n) is 6.52. The number of hydrogen-bond acceptors (Lipinski definition) is 1. The molecule has 2 atom stereocenters. The van der Waals surface area contributed by atoms with Gasteiger partial charge in [0.05, 0.1) is 0 Å². The summed E-state index contributed by atoms with van der Waals surface area (Å²) < 4.78 is 0. The van der Waals surface area contributed by atoms with Crippen molar-refractivity contribution in [1.29, 1.82) is 0 Å². The molecule has 10 heavy (non-hydrogen) atoms. The van der Waals surface area contributed by atoms with Crippen LogP contribution < -0.4 is 0 Å². The van der Waals surface area contributed by atoms with E-state index in [0.717, 1.165) is 18.8 Å². The van der Waals surface area contributed by atoms with Crippen LogP contribution in [0.25, 0.3) is 0 Å². The Morgan fingerprint density at radius 1 is 1.60 bits per heavy atom. The molecule has 0 spiro atoms. The van der Waals surface area contributed by atoms with Gasteiger partial charge in [0, 0.05) is 12.8 Å². The first-order valence-corrected chi connectivity index (χ1v) is 4.20. The van der Waals surface area contributed by atoms with Crippen molar-refractivity contribution in [3.63, 3.8) is 0 Å². The van der Waals surface area contributed by atoms with Crippen LogP contribution in [0.5, 0.6) is 0 Å². The summed E-state index contributed by atoms with van der Waals surface area (Å²) in [4.78, 5) is 11.1. The highest BCUT2D eigenvalue weighted by Crippen LogP contribution is 2.49. The molecule has 0 saturated heterocycles. The lowest BCUT2D eigenvalue weighted by Gasteiger charge is -2.27. The molecule has 2 saturated carbocycles. The largest absolute Gasteiger partial charge is 0.300 e. The SMILES string of the molecule is CC12CCC(CC(=O)C1)C2. The molecule has 0 N–H and O–H groups in total. The van der Waals surface area contributed by atoms with Gasteiger partial charge in [0.25, 0.3) is 0 Å². The molecule has 0 amide bonds. The zero-order valence-corrected chi connectivity index (χ0v) is 6.52. The molecule has 2 rings (SSSR count). The normalized spacial score (nSPS) is 46.1. The van der Waals surface area contributed by atoms with Crippen molar-refractivity contribution >= 4 is 5.78 Å². The second kappa shape index (κ2) is 1.84. The number of ketones is 1. The van der Waals surface area contributed by atoms with Gasteiger partial charge in [0.15, 0.2) is 0 Å². The highest BCUT2D eigenvalue weighted by molar-refractivity contribution is 5.80. The molecule has 0 aliphatic heterocycles. The minimum Gasteiger partial charge on any atom is -0.300 e. The van der Waals surface area contributed by atoms with Gasteiger partial charge in [0.2, 0.25) is 0 Å². The van der Waals surface area contributed by atoms with E-state index < -0.39 is 0 Å². The third-order valence-corrected chi connectivity index (χ3v) is 3.08. The van der Waals surface area contributed by atoms with Crippen LogP contribution in [-0.4, -0.2) is 5.78 Å². The maximum absolute atomic E-state index is 11.1. The minimum atomic E-state index is 0.417. The second-order valence-electron chi connectivity index (χ2n) is 4.34.